The highest BCUT2D eigenvalue weighted by Gasteiger charge is 2.50. The summed E-state index contributed by atoms with van der Waals surface area (Å²) in [6.07, 6.45) is -5.98. The number of phenols is 1. The first-order valence-corrected chi connectivity index (χ1v) is 33.6. The third kappa shape index (κ3) is 21.9. The predicted octanol–water partition coefficient (Wildman–Crippen LogP) is -1.14. The van der Waals surface area contributed by atoms with Crippen molar-refractivity contribution in [3.8, 4) is 38.4 Å². The van der Waals surface area contributed by atoms with Gasteiger partial charge in [0, 0.05) is 81.8 Å². The SMILES string of the molecule is COCCCCCCCOc1ccc(-c2nnc(-c3ccc(C(=O)N[C@H]4C[C@H](O)CNC(=O)[C@@H]5[C@@H](O)[C@H](C)CN5C(=O)[C@H]([C@H](O)CN(CCCN)CCCN)NC(=O)[C@H]([C@H](O)Cc5ccc(O)c(OSOOO)c5)NC(=O)[C@@H]5C[C@H](O)CN5C(=O)[C@H]([C@H](C)O)NC4=O)cc3)s2)cc1. The van der Waals surface area contributed by atoms with E-state index in [2.05, 4.69) is 46.2 Å². The van der Waals surface area contributed by atoms with Crippen LogP contribution in [0.25, 0.3) is 21.1 Å². The van der Waals surface area contributed by atoms with Gasteiger partial charge in [-0.25, -0.2) is 5.26 Å². The van der Waals surface area contributed by atoms with E-state index in [9.17, 15) is 59.7 Å². The summed E-state index contributed by atoms with van der Waals surface area (Å²) in [6, 6.07) is 5.94. The van der Waals surface area contributed by atoms with Crippen molar-refractivity contribution < 1.29 is 97.6 Å². The van der Waals surface area contributed by atoms with Crippen LogP contribution in [0.2, 0.25) is 0 Å². The molecule has 0 spiro atoms. The van der Waals surface area contributed by atoms with Crippen LogP contribution < -0.4 is 47.0 Å². The van der Waals surface area contributed by atoms with Crippen molar-refractivity contribution in [2.24, 2.45) is 17.4 Å². The average molecular weight is 1400 g/mol. The first-order valence-electron chi connectivity index (χ1n) is 32.2. The molecule has 0 saturated carbocycles. The van der Waals surface area contributed by atoms with Gasteiger partial charge in [-0.15, -0.1) is 10.2 Å². The number of aromatic hydroxyl groups is 1. The number of aliphatic hydroxyl groups is 6. The molecule has 34 heteroatoms. The van der Waals surface area contributed by atoms with Gasteiger partial charge in [-0.05, 0) is 113 Å². The second-order valence-electron chi connectivity index (χ2n) is 24.3. The van der Waals surface area contributed by atoms with E-state index in [4.69, 9.17) is 30.4 Å². The number of amides is 7. The molecular weight excluding hydrogens is 1310 g/mol. The lowest BCUT2D eigenvalue weighted by molar-refractivity contribution is -0.433. The third-order valence-electron chi connectivity index (χ3n) is 16.9. The van der Waals surface area contributed by atoms with E-state index in [1.807, 2.05) is 24.3 Å². The maximum Gasteiger partial charge on any atom is 0.261 e. The average Bonchev–Trinajstić information content (AvgIpc) is 1.71. The number of carbonyl (C=O) groups is 7. The van der Waals surface area contributed by atoms with Gasteiger partial charge in [-0.3, -0.25) is 33.6 Å². The number of hydrogen-bond donors (Lipinski definition) is 15. The number of aromatic nitrogens is 2. The summed E-state index contributed by atoms with van der Waals surface area (Å²) in [5.74, 6) is -8.64. The van der Waals surface area contributed by atoms with Crippen molar-refractivity contribution in [1.82, 2.24) is 51.5 Å². The molecule has 7 rings (SSSR count). The fraction of sp³-hybridized carbons (Fsp3) is 0.571. The molecule has 0 unspecified atom stereocenters. The number of ether oxygens (including phenoxy) is 2. The van der Waals surface area contributed by atoms with E-state index in [1.165, 1.54) is 42.5 Å². The first kappa shape index (κ1) is 77.1. The van der Waals surface area contributed by atoms with Gasteiger partial charge in [-0.1, -0.05) is 65.1 Å². The number of nitrogens with two attached hydrogens (primary N) is 2. The fourth-order valence-electron chi connectivity index (χ4n) is 11.6. The molecule has 17 N–H and O–H groups in total. The highest BCUT2D eigenvalue weighted by molar-refractivity contribution is 7.90. The molecule has 32 nitrogen and oxygen atoms in total. The standard InChI is InChI=1S/C63H90N12O20S2/c1-35-32-75-53(54(35)82)59(87)66-31-41(77)29-44(67-55(83)38-12-14-39(15-13-38)60-71-72-61(96-60)40-16-18-43(19-17-40)92-26-8-6-4-5-7-25-91-3)56(84)68-50(36(2)76)62(88)74-33-42(78)30-45(74)57(85)69-51(47(80)27-37-11-20-46(79)49(28-37)93-97-95-94-90)58(86)70-52(63(75)89)48(81)34-73(23-9-21-64)24-10-22-65/h11-20,28,35-36,41-42,44-45,47-48,50-54,76-82,90H,4-10,21-27,29-34,64-65H2,1-3H3,(H,66,87)(H,67,83)(H,68,84)(H,69,85)(H,70,86)/t35-,36+,41+,42+,44+,45+,47-,48-,50+,51+,52+,53+,54+/m1/s1. The number of β-amino-alcohol motifs (C(OH)–C–C–N with tert-alkyl or cyclic N) is 1. The number of rotatable bonds is 30. The number of methoxy groups -OCH3 is 1. The Morgan fingerprint density at radius 2 is 1.36 bits per heavy atom. The third-order valence-corrected chi connectivity index (χ3v) is 18.3. The molecule has 4 heterocycles. The van der Waals surface area contributed by atoms with Crippen molar-refractivity contribution in [1.29, 1.82) is 0 Å². The Kier molecular flexibility index (Phi) is 30.4. The number of nitrogens with one attached hydrogen (secondary N) is 5. The number of phenolic OH excluding ortho intramolecular Hbond substituents is 1. The number of fused-ring (bicyclic) bond motifs is 2. The van der Waals surface area contributed by atoms with Gasteiger partial charge in [0.1, 0.15) is 52.0 Å². The van der Waals surface area contributed by atoms with Gasteiger partial charge in [-0.2, -0.15) is 0 Å². The molecule has 97 heavy (non-hydrogen) atoms. The van der Waals surface area contributed by atoms with Crippen molar-refractivity contribution >= 4 is 65.0 Å². The number of hydrogen-bond acceptors (Lipinski definition) is 27. The zero-order chi connectivity index (χ0) is 70.3. The lowest BCUT2D eigenvalue weighted by Crippen LogP contribution is -2.65. The van der Waals surface area contributed by atoms with Crippen LogP contribution in [0, 0.1) is 5.92 Å². The second kappa shape index (κ2) is 38.2. The second-order valence-corrected chi connectivity index (χ2v) is 25.7. The van der Waals surface area contributed by atoms with Crippen LogP contribution in [-0.2, 0) is 49.3 Å². The minimum absolute atomic E-state index is 0.0183. The highest BCUT2D eigenvalue weighted by atomic mass is 32.2. The van der Waals surface area contributed by atoms with Gasteiger partial charge in [0.05, 0.1) is 43.2 Å². The van der Waals surface area contributed by atoms with Crippen LogP contribution in [0.5, 0.6) is 17.2 Å². The Morgan fingerprint density at radius 3 is 2.00 bits per heavy atom. The van der Waals surface area contributed by atoms with Gasteiger partial charge >= 0.3 is 0 Å². The molecule has 3 saturated heterocycles. The molecule has 0 radical (unpaired) electrons. The summed E-state index contributed by atoms with van der Waals surface area (Å²) in [5, 5.41) is 115. The molecule has 3 aromatic carbocycles. The van der Waals surface area contributed by atoms with Crippen molar-refractivity contribution in [2.75, 3.05) is 72.7 Å². The van der Waals surface area contributed by atoms with Gasteiger partial charge in [0.25, 0.3) is 18.2 Å². The maximum absolute atomic E-state index is 15.2. The molecule has 3 aliphatic heterocycles. The van der Waals surface area contributed by atoms with Crippen molar-refractivity contribution in [2.45, 2.75) is 151 Å². The van der Waals surface area contributed by atoms with E-state index in [0.29, 0.717) is 35.0 Å². The molecule has 0 aliphatic carbocycles. The van der Waals surface area contributed by atoms with Gasteiger partial charge < -0.3 is 102 Å². The van der Waals surface area contributed by atoms with Crippen LogP contribution in [0.15, 0.2) is 66.7 Å². The monoisotopic (exact) mass is 1400 g/mol. The number of benzene rings is 3. The van der Waals surface area contributed by atoms with E-state index >= 15 is 9.59 Å². The molecule has 4 aromatic rings. The molecule has 1 aromatic heterocycles. The number of unbranched alkanes of at least 4 members (excludes halogenated alkanes) is 4. The zero-order valence-electron chi connectivity index (χ0n) is 54.2. The van der Waals surface area contributed by atoms with E-state index in [-0.39, 0.29) is 68.5 Å². The van der Waals surface area contributed by atoms with Gasteiger partial charge in [0.2, 0.25) is 35.4 Å². The quantitative estimate of drug-likeness (QED) is 0.0127. The Morgan fingerprint density at radius 1 is 0.742 bits per heavy atom. The first-order chi connectivity index (χ1) is 46.5. The Labute approximate surface area is 568 Å². The summed E-state index contributed by atoms with van der Waals surface area (Å²) >= 11 is 1.38. The number of nitrogens with zero attached hydrogens (tertiary/aromatic N) is 5. The molecule has 0 bridgehead atoms. The molecular formula is C63H90N12O20S2. The Bertz CT molecular complexity index is 3210. The van der Waals surface area contributed by atoms with E-state index in [0.717, 1.165) is 72.8 Å². The molecule has 13 atom stereocenters. The summed E-state index contributed by atoms with van der Waals surface area (Å²) in [6.45, 7) is 3.16. The lowest BCUT2D eigenvalue weighted by atomic mass is 9.99. The maximum atomic E-state index is 15.2. The minimum Gasteiger partial charge on any atom is -0.504 e. The number of carbonyl (C=O) groups excluding carboxylic acids is 7. The smallest absolute Gasteiger partial charge is 0.261 e. The van der Waals surface area contributed by atoms with E-state index < -0.39 is 158 Å². The lowest BCUT2D eigenvalue weighted by Gasteiger charge is -2.35. The Balaban J connectivity index is 1.18. The molecule has 534 valence electrons. The molecule has 3 aliphatic rings. The molecule has 7 amide bonds. The van der Waals surface area contributed by atoms with Crippen molar-refractivity contribution in [3.05, 3.63) is 77.9 Å². The normalized spacial score (nSPS) is 24.1. The number of aliphatic hydroxyl groups excluding tert-OH is 6. The highest BCUT2D eigenvalue weighted by Crippen LogP contribution is 2.33. The predicted molar refractivity (Wildman–Crippen MR) is 351 cm³/mol. The van der Waals surface area contributed by atoms with Crippen LogP contribution in [0.1, 0.15) is 87.6 Å². The van der Waals surface area contributed by atoms with E-state index in [1.54, 1.807) is 24.1 Å². The fourth-order valence-corrected chi connectivity index (χ4v) is 12.7. The van der Waals surface area contributed by atoms with Crippen LogP contribution in [0.4, 0.5) is 0 Å². The zero-order valence-corrected chi connectivity index (χ0v) is 55.8. The van der Waals surface area contributed by atoms with Crippen LogP contribution in [0.3, 0.4) is 0 Å². The topological polar surface area (TPSA) is 475 Å². The van der Waals surface area contributed by atoms with Crippen LogP contribution >= 0.6 is 23.7 Å². The minimum atomic E-state index is -2.13. The van der Waals surface area contributed by atoms with Gasteiger partial charge in [0.15, 0.2) is 11.5 Å². The largest absolute Gasteiger partial charge is 0.504 e. The summed E-state index contributed by atoms with van der Waals surface area (Å²) in [4.78, 5) is 107. The summed E-state index contributed by atoms with van der Waals surface area (Å²) < 4.78 is 20.5. The summed E-state index contributed by atoms with van der Waals surface area (Å²) in [7, 11) is 1.70. The van der Waals surface area contributed by atoms with Crippen molar-refractivity contribution in [3.63, 3.8) is 0 Å². The summed E-state index contributed by atoms with van der Waals surface area (Å²) in [5.41, 5.74) is 13.2. The van der Waals surface area contributed by atoms with Crippen LogP contribution in [-0.4, -0.2) is 253 Å². The molecule has 3 fully saturated rings. The Hall–Kier alpha value is -7.26.